The molecule has 1 amide bonds. The van der Waals surface area contributed by atoms with Crippen LogP contribution in [-0.2, 0) is 4.79 Å². The molecule has 3 N–H and O–H groups in total. The summed E-state index contributed by atoms with van der Waals surface area (Å²) < 4.78 is 24.4. The van der Waals surface area contributed by atoms with Crippen molar-refractivity contribution in [2.24, 2.45) is 5.73 Å². The zero-order valence-electron chi connectivity index (χ0n) is 11.0. The van der Waals surface area contributed by atoms with E-state index in [1.54, 1.807) is 36.4 Å². The van der Waals surface area contributed by atoms with Gasteiger partial charge in [-0.1, -0.05) is 42.1 Å². The van der Waals surface area contributed by atoms with Crippen molar-refractivity contribution in [2.75, 3.05) is 5.32 Å². The molecule has 0 aromatic heterocycles. The van der Waals surface area contributed by atoms with Gasteiger partial charge in [0.2, 0.25) is 5.91 Å². The number of halogens is 2. The minimum Gasteiger partial charge on any atom is -0.324 e. The van der Waals surface area contributed by atoms with E-state index in [0.29, 0.717) is 27.9 Å². The fourth-order valence-electron chi connectivity index (χ4n) is 1.75. The average molecular weight is 308 g/mol. The van der Waals surface area contributed by atoms with Gasteiger partial charge in [-0.05, 0) is 29.8 Å². The highest BCUT2D eigenvalue weighted by Gasteiger charge is 2.15. The number of alkyl halides is 2. The van der Waals surface area contributed by atoms with Crippen LogP contribution in [0.2, 0.25) is 0 Å². The van der Waals surface area contributed by atoms with Crippen LogP contribution < -0.4 is 11.1 Å². The second-order valence-corrected chi connectivity index (χ2v) is 5.34. The van der Waals surface area contributed by atoms with Crippen LogP contribution in [0.1, 0.15) is 11.6 Å². The Morgan fingerprint density at radius 2 is 1.67 bits per heavy atom. The number of carbonyl (C=O) groups excluding carboxylic acids is 1. The van der Waals surface area contributed by atoms with Gasteiger partial charge in [-0.15, -0.1) is 0 Å². The van der Waals surface area contributed by atoms with Crippen LogP contribution in [0, 0.1) is 0 Å². The van der Waals surface area contributed by atoms with Crippen molar-refractivity contribution in [1.82, 2.24) is 0 Å². The Morgan fingerprint density at radius 3 is 2.24 bits per heavy atom. The zero-order chi connectivity index (χ0) is 15.2. The molecule has 21 heavy (non-hydrogen) atoms. The Bertz CT molecular complexity index is 590. The first-order valence-corrected chi connectivity index (χ1v) is 7.10. The van der Waals surface area contributed by atoms with E-state index in [1.807, 2.05) is 6.07 Å². The number of carbonyl (C=O) groups is 1. The van der Waals surface area contributed by atoms with Gasteiger partial charge in [0.25, 0.3) is 5.76 Å². The molecule has 2 aromatic rings. The Labute approximate surface area is 125 Å². The van der Waals surface area contributed by atoms with Gasteiger partial charge in [0.1, 0.15) is 6.04 Å². The highest BCUT2D eigenvalue weighted by atomic mass is 32.2. The SMILES string of the molecule is N[C@H](C(=O)Nc1ccc(SC(F)F)cc1)c1ccccc1. The summed E-state index contributed by atoms with van der Waals surface area (Å²) >= 11 is 0.458. The van der Waals surface area contributed by atoms with Crippen molar-refractivity contribution in [3.8, 4) is 0 Å². The molecule has 0 aliphatic heterocycles. The Hall–Kier alpha value is -1.92. The molecule has 1 atom stereocenters. The average Bonchev–Trinajstić information content (AvgIpc) is 2.49. The summed E-state index contributed by atoms with van der Waals surface area (Å²) in [6.07, 6.45) is 0. The van der Waals surface area contributed by atoms with Crippen molar-refractivity contribution in [3.05, 3.63) is 60.2 Å². The fraction of sp³-hybridized carbons (Fsp3) is 0.133. The van der Waals surface area contributed by atoms with E-state index in [0.717, 1.165) is 0 Å². The monoisotopic (exact) mass is 308 g/mol. The van der Waals surface area contributed by atoms with Crippen molar-refractivity contribution in [1.29, 1.82) is 0 Å². The number of nitrogens with two attached hydrogens (primary N) is 1. The van der Waals surface area contributed by atoms with E-state index in [9.17, 15) is 13.6 Å². The lowest BCUT2D eigenvalue weighted by atomic mass is 10.1. The van der Waals surface area contributed by atoms with Crippen LogP contribution in [0.3, 0.4) is 0 Å². The molecule has 0 aliphatic rings. The summed E-state index contributed by atoms with van der Waals surface area (Å²) in [6, 6.07) is 14.4. The van der Waals surface area contributed by atoms with Crippen molar-refractivity contribution in [3.63, 3.8) is 0 Å². The second kappa shape index (κ2) is 7.19. The third-order valence-electron chi connectivity index (χ3n) is 2.79. The minimum absolute atomic E-state index is 0.351. The largest absolute Gasteiger partial charge is 0.324 e. The van der Waals surface area contributed by atoms with E-state index in [1.165, 1.54) is 12.1 Å². The Balaban J connectivity index is 1.99. The summed E-state index contributed by atoms with van der Waals surface area (Å²) in [5, 5.41) is 2.66. The number of anilines is 1. The second-order valence-electron chi connectivity index (χ2n) is 4.28. The molecule has 0 unspecified atom stereocenters. The van der Waals surface area contributed by atoms with Crippen molar-refractivity contribution >= 4 is 23.4 Å². The third kappa shape index (κ3) is 4.54. The molecule has 2 rings (SSSR count). The summed E-state index contributed by atoms with van der Waals surface area (Å²) in [6.45, 7) is 0. The lowest BCUT2D eigenvalue weighted by Crippen LogP contribution is -2.27. The van der Waals surface area contributed by atoms with Crippen LogP contribution in [0.4, 0.5) is 14.5 Å². The van der Waals surface area contributed by atoms with E-state index < -0.39 is 11.8 Å². The molecule has 2 aromatic carbocycles. The van der Waals surface area contributed by atoms with E-state index >= 15 is 0 Å². The van der Waals surface area contributed by atoms with Gasteiger partial charge in [-0.2, -0.15) is 8.78 Å². The van der Waals surface area contributed by atoms with Gasteiger partial charge in [0, 0.05) is 10.6 Å². The lowest BCUT2D eigenvalue weighted by Gasteiger charge is -2.12. The molecule has 0 aliphatic carbocycles. The Morgan fingerprint density at radius 1 is 1.05 bits per heavy atom. The predicted molar refractivity (Wildman–Crippen MR) is 80.3 cm³/mol. The van der Waals surface area contributed by atoms with Gasteiger partial charge >= 0.3 is 0 Å². The standard InChI is InChI=1S/C15H14F2N2OS/c16-15(17)21-12-8-6-11(7-9-12)19-14(20)13(18)10-4-2-1-3-5-10/h1-9,13,15H,18H2,(H,19,20)/t13-/m0/s1. The first-order chi connectivity index (χ1) is 10.1. The predicted octanol–water partition coefficient (Wildman–Crippen LogP) is 3.64. The number of rotatable bonds is 5. The molecule has 3 nitrogen and oxygen atoms in total. The van der Waals surface area contributed by atoms with E-state index in [4.69, 9.17) is 5.73 Å². The summed E-state index contributed by atoms with van der Waals surface area (Å²) in [5.41, 5.74) is 7.09. The van der Waals surface area contributed by atoms with Gasteiger partial charge in [-0.3, -0.25) is 4.79 Å². The molecule has 0 fully saturated rings. The molecule has 0 spiro atoms. The molecule has 0 saturated carbocycles. The summed E-state index contributed by atoms with van der Waals surface area (Å²) in [7, 11) is 0. The van der Waals surface area contributed by atoms with Crippen LogP contribution in [0.25, 0.3) is 0 Å². The first kappa shape index (κ1) is 15.5. The molecule has 0 saturated heterocycles. The van der Waals surface area contributed by atoms with E-state index in [2.05, 4.69) is 5.32 Å². The highest BCUT2D eigenvalue weighted by Crippen LogP contribution is 2.26. The maximum Gasteiger partial charge on any atom is 0.288 e. The van der Waals surface area contributed by atoms with Crippen molar-refractivity contribution in [2.45, 2.75) is 16.7 Å². The maximum absolute atomic E-state index is 12.2. The van der Waals surface area contributed by atoms with Gasteiger partial charge in [-0.25, -0.2) is 0 Å². The van der Waals surface area contributed by atoms with Crippen LogP contribution in [0.5, 0.6) is 0 Å². The highest BCUT2D eigenvalue weighted by molar-refractivity contribution is 7.99. The zero-order valence-corrected chi connectivity index (χ0v) is 11.8. The number of amides is 1. The number of thioether (sulfide) groups is 1. The van der Waals surface area contributed by atoms with Crippen molar-refractivity contribution < 1.29 is 13.6 Å². The molecule has 0 bridgehead atoms. The van der Waals surface area contributed by atoms with Gasteiger partial charge in [0.05, 0.1) is 0 Å². The summed E-state index contributed by atoms with van der Waals surface area (Å²) in [4.78, 5) is 12.5. The third-order valence-corrected chi connectivity index (χ3v) is 3.51. The topological polar surface area (TPSA) is 55.1 Å². The van der Waals surface area contributed by atoms with Crippen LogP contribution in [-0.4, -0.2) is 11.7 Å². The van der Waals surface area contributed by atoms with Gasteiger partial charge in [0.15, 0.2) is 0 Å². The molecular formula is C15H14F2N2OS. The molecule has 110 valence electrons. The van der Waals surface area contributed by atoms with Crippen LogP contribution in [0.15, 0.2) is 59.5 Å². The Kier molecular flexibility index (Phi) is 5.30. The normalized spacial score (nSPS) is 12.2. The summed E-state index contributed by atoms with van der Waals surface area (Å²) in [5.74, 6) is -2.81. The molecular weight excluding hydrogens is 294 g/mol. The number of nitrogens with one attached hydrogen (secondary N) is 1. The number of benzene rings is 2. The molecule has 0 radical (unpaired) electrons. The minimum atomic E-state index is -2.46. The quantitative estimate of drug-likeness (QED) is 0.829. The fourth-order valence-corrected chi connectivity index (χ4v) is 2.25. The van der Waals surface area contributed by atoms with Crippen LogP contribution >= 0.6 is 11.8 Å². The smallest absolute Gasteiger partial charge is 0.288 e. The number of hydrogen-bond donors (Lipinski definition) is 2. The van der Waals surface area contributed by atoms with E-state index in [-0.39, 0.29) is 5.91 Å². The maximum atomic E-state index is 12.2. The van der Waals surface area contributed by atoms with Gasteiger partial charge < -0.3 is 11.1 Å². The first-order valence-electron chi connectivity index (χ1n) is 6.22. The number of hydrogen-bond acceptors (Lipinski definition) is 3. The lowest BCUT2D eigenvalue weighted by molar-refractivity contribution is -0.117. The molecule has 0 heterocycles. The molecule has 6 heteroatoms.